The summed E-state index contributed by atoms with van der Waals surface area (Å²) in [5.41, 5.74) is 0.381. The number of piperidine rings is 1. The molecule has 3 nitrogen and oxygen atoms in total. The van der Waals surface area contributed by atoms with Crippen molar-refractivity contribution in [2.24, 2.45) is 5.92 Å². The van der Waals surface area contributed by atoms with Gasteiger partial charge >= 0.3 is 5.97 Å². The van der Waals surface area contributed by atoms with Gasteiger partial charge in [0.25, 0.3) is 0 Å². The van der Waals surface area contributed by atoms with E-state index in [9.17, 15) is 4.79 Å². The minimum Gasteiger partial charge on any atom is -0.481 e. The lowest BCUT2D eigenvalue weighted by Gasteiger charge is -2.27. The summed E-state index contributed by atoms with van der Waals surface area (Å²) in [6, 6.07) is 0. The SMILES string of the molecule is O=C(O)C1CCC2(CC2)NC1. The number of carbonyl (C=O) groups is 1. The normalized spacial score (nSPS) is 33.6. The first-order valence-electron chi connectivity index (χ1n) is 4.20. The van der Waals surface area contributed by atoms with Gasteiger partial charge in [-0.05, 0) is 25.7 Å². The van der Waals surface area contributed by atoms with Gasteiger partial charge in [-0.25, -0.2) is 0 Å². The second-order valence-electron chi connectivity index (χ2n) is 3.74. The summed E-state index contributed by atoms with van der Waals surface area (Å²) in [5.74, 6) is -0.783. The predicted octanol–water partition coefficient (Wildman–Crippen LogP) is 0.603. The molecular formula is C8H13NO2. The van der Waals surface area contributed by atoms with E-state index in [1.54, 1.807) is 0 Å². The highest BCUT2D eigenvalue weighted by molar-refractivity contribution is 5.70. The van der Waals surface area contributed by atoms with Crippen molar-refractivity contribution in [3.05, 3.63) is 0 Å². The van der Waals surface area contributed by atoms with E-state index in [1.165, 1.54) is 12.8 Å². The molecule has 2 N–H and O–H groups in total. The molecule has 1 unspecified atom stereocenters. The largest absolute Gasteiger partial charge is 0.481 e. The van der Waals surface area contributed by atoms with Crippen LogP contribution < -0.4 is 5.32 Å². The number of hydrogen-bond acceptors (Lipinski definition) is 2. The van der Waals surface area contributed by atoms with Gasteiger partial charge in [-0.1, -0.05) is 0 Å². The summed E-state index contributed by atoms with van der Waals surface area (Å²) in [7, 11) is 0. The fraction of sp³-hybridized carbons (Fsp3) is 0.875. The van der Waals surface area contributed by atoms with E-state index in [2.05, 4.69) is 5.32 Å². The third-order valence-electron chi connectivity index (χ3n) is 2.90. The molecule has 1 aliphatic carbocycles. The van der Waals surface area contributed by atoms with Crippen molar-refractivity contribution in [1.82, 2.24) is 5.32 Å². The molecule has 1 saturated heterocycles. The zero-order valence-corrected chi connectivity index (χ0v) is 6.47. The predicted molar refractivity (Wildman–Crippen MR) is 40.3 cm³/mol. The molecule has 0 aromatic rings. The van der Waals surface area contributed by atoms with Crippen LogP contribution in [0.2, 0.25) is 0 Å². The molecule has 0 aromatic heterocycles. The summed E-state index contributed by atoms with van der Waals surface area (Å²) in [5, 5.41) is 12.0. The van der Waals surface area contributed by atoms with Crippen molar-refractivity contribution >= 4 is 5.97 Å². The Morgan fingerprint density at radius 2 is 2.18 bits per heavy atom. The van der Waals surface area contributed by atoms with Crippen molar-refractivity contribution in [3.63, 3.8) is 0 Å². The van der Waals surface area contributed by atoms with Gasteiger partial charge in [0.05, 0.1) is 5.92 Å². The molecule has 1 heterocycles. The minimum absolute atomic E-state index is 0.138. The van der Waals surface area contributed by atoms with E-state index in [0.717, 1.165) is 12.8 Å². The van der Waals surface area contributed by atoms with Crippen LogP contribution in [0.1, 0.15) is 25.7 Å². The standard InChI is InChI=1S/C8H13NO2/c10-7(11)6-1-2-8(3-4-8)9-5-6/h6,9H,1-5H2,(H,10,11). The van der Waals surface area contributed by atoms with Crippen LogP contribution in [0.15, 0.2) is 0 Å². The molecule has 62 valence electrons. The van der Waals surface area contributed by atoms with E-state index in [0.29, 0.717) is 12.1 Å². The number of aliphatic carboxylic acids is 1. The Morgan fingerprint density at radius 1 is 1.45 bits per heavy atom. The molecule has 1 aliphatic heterocycles. The third kappa shape index (κ3) is 1.25. The number of nitrogens with one attached hydrogen (secondary N) is 1. The molecular weight excluding hydrogens is 142 g/mol. The lowest BCUT2D eigenvalue weighted by molar-refractivity contribution is -0.142. The van der Waals surface area contributed by atoms with Crippen LogP contribution in [-0.4, -0.2) is 23.2 Å². The van der Waals surface area contributed by atoms with Gasteiger partial charge in [-0.3, -0.25) is 4.79 Å². The van der Waals surface area contributed by atoms with Crippen LogP contribution in [0.3, 0.4) is 0 Å². The fourth-order valence-corrected chi connectivity index (χ4v) is 1.77. The summed E-state index contributed by atoms with van der Waals surface area (Å²) in [4.78, 5) is 10.5. The summed E-state index contributed by atoms with van der Waals surface area (Å²) < 4.78 is 0. The van der Waals surface area contributed by atoms with Crippen LogP contribution in [0.25, 0.3) is 0 Å². The summed E-state index contributed by atoms with van der Waals surface area (Å²) in [6.45, 7) is 0.676. The van der Waals surface area contributed by atoms with E-state index < -0.39 is 5.97 Å². The minimum atomic E-state index is -0.645. The number of carboxylic acids is 1. The highest BCUT2D eigenvalue weighted by atomic mass is 16.4. The molecule has 3 heteroatoms. The number of hydrogen-bond donors (Lipinski definition) is 2. The Hall–Kier alpha value is -0.570. The van der Waals surface area contributed by atoms with Gasteiger partial charge in [0.2, 0.25) is 0 Å². The molecule has 2 rings (SSSR count). The maximum atomic E-state index is 10.5. The zero-order chi connectivity index (χ0) is 7.90. The molecule has 0 bridgehead atoms. The Balaban J connectivity index is 1.89. The van der Waals surface area contributed by atoms with Crippen LogP contribution in [0.4, 0.5) is 0 Å². The first-order valence-corrected chi connectivity index (χ1v) is 4.20. The number of rotatable bonds is 1. The van der Waals surface area contributed by atoms with Gasteiger partial charge < -0.3 is 10.4 Å². The van der Waals surface area contributed by atoms with E-state index in [1.807, 2.05) is 0 Å². The Kier molecular flexibility index (Phi) is 1.42. The lowest BCUT2D eigenvalue weighted by Crippen LogP contribution is -2.43. The first-order chi connectivity index (χ1) is 5.22. The lowest BCUT2D eigenvalue weighted by atomic mass is 9.93. The maximum Gasteiger partial charge on any atom is 0.307 e. The van der Waals surface area contributed by atoms with Crippen LogP contribution >= 0.6 is 0 Å². The molecule has 1 spiro atoms. The van der Waals surface area contributed by atoms with E-state index in [-0.39, 0.29) is 5.92 Å². The topological polar surface area (TPSA) is 49.3 Å². The molecule has 2 fully saturated rings. The molecule has 0 radical (unpaired) electrons. The van der Waals surface area contributed by atoms with Gasteiger partial charge in [0, 0.05) is 12.1 Å². The highest BCUT2D eigenvalue weighted by Gasteiger charge is 2.45. The Bertz CT molecular complexity index is 177. The smallest absolute Gasteiger partial charge is 0.307 e. The maximum absolute atomic E-state index is 10.5. The van der Waals surface area contributed by atoms with E-state index >= 15 is 0 Å². The molecule has 0 aromatic carbocycles. The summed E-state index contributed by atoms with van der Waals surface area (Å²) in [6.07, 6.45) is 4.42. The summed E-state index contributed by atoms with van der Waals surface area (Å²) >= 11 is 0. The van der Waals surface area contributed by atoms with Gasteiger partial charge in [-0.2, -0.15) is 0 Å². The third-order valence-corrected chi connectivity index (χ3v) is 2.90. The quantitative estimate of drug-likeness (QED) is 0.583. The molecule has 0 amide bonds. The van der Waals surface area contributed by atoms with Crippen LogP contribution in [0, 0.1) is 5.92 Å². The second kappa shape index (κ2) is 2.21. The average Bonchev–Trinajstić information content (AvgIpc) is 2.70. The van der Waals surface area contributed by atoms with Crippen molar-refractivity contribution in [2.75, 3.05) is 6.54 Å². The van der Waals surface area contributed by atoms with Crippen molar-refractivity contribution < 1.29 is 9.90 Å². The molecule has 1 atom stereocenters. The van der Waals surface area contributed by atoms with Crippen molar-refractivity contribution in [2.45, 2.75) is 31.2 Å². The fourth-order valence-electron chi connectivity index (χ4n) is 1.77. The van der Waals surface area contributed by atoms with Crippen molar-refractivity contribution in [1.29, 1.82) is 0 Å². The van der Waals surface area contributed by atoms with Gasteiger partial charge in [0.1, 0.15) is 0 Å². The molecule has 1 saturated carbocycles. The van der Waals surface area contributed by atoms with Gasteiger partial charge in [-0.15, -0.1) is 0 Å². The Labute approximate surface area is 65.8 Å². The monoisotopic (exact) mass is 155 g/mol. The first kappa shape index (κ1) is 7.10. The van der Waals surface area contributed by atoms with Gasteiger partial charge in [0.15, 0.2) is 0 Å². The van der Waals surface area contributed by atoms with E-state index in [4.69, 9.17) is 5.11 Å². The highest BCUT2D eigenvalue weighted by Crippen LogP contribution is 2.42. The molecule has 11 heavy (non-hydrogen) atoms. The van der Waals surface area contributed by atoms with Crippen molar-refractivity contribution in [3.8, 4) is 0 Å². The van der Waals surface area contributed by atoms with Crippen LogP contribution in [-0.2, 0) is 4.79 Å². The molecule has 2 aliphatic rings. The second-order valence-corrected chi connectivity index (χ2v) is 3.74. The Morgan fingerprint density at radius 3 is 2.55 bits per heavy atom. The zero-order valence-electron chi connectivity index (χ0n) is 6.47. The number of carboxylic acid groups (broad SMARTS) is 1. The van der Waals surface area contributed by atoms with Crippen LogP contribution in [0.5, 0.6) is 0 Å². The average molecular weight is 155 g/mol.